The lowest BCUT2D eigenvalue weighted by molar-refractivity contribution is -0.123. The molecule has 1 heterocycles. The molecule has 1 amide bonds. The Labute approximate surface area is 121 Å². The molecule has 1 aromatic rings. The normalized spacial score (nSPS) is 17.9. The van der Waals surface area contributed by atoms with Crippen LogP contribution >= 0.6 is 0 Å². The van der Waals surface area contributed by atoms with Gasteiger partial charge in [-0.25, -0.2) is 0 Å². The van der Waals surface area contributed by atoms with Gasteiger partial charge < -0.3 is 11.1 Å². The highest BCUT2D eigenvalue weighted by molar-refractivity contribution is 5.95. The summed E-state index contributed by atoms with van der Waals surface area (Å²) in [7, 11) is 0. The van der Waals surface area contributed by atoms with Gasteiger partial charge in [-0.3, -0.25) is 9.69 Å². The van der Waals surface area contributed by atoms with E-state index in [9.17, 15) is 4.79 Å². The van der Waals surface area contributed by atoms with Gasteiger partial charge >= 0.3 is 0 Å². The molecule has 1 unspecified atom stereocenters. The molecule has 4 heteroatoms. The van der Waals surface area contributed by atoms with Crippen molar-refractivity contribution in [3.63, 3.8) is 0 Å². The molecule has 1 aromatic carbocycles. The van der Waals surface area contributed by atoms with Gasteiger partial charge in [-0.1, -0.05) is 26.3 Å². The number of hydrogen-bond donors (Lipinski definition) is 2. The van der Waals surface area contributed by atoms with Crippen molar-refractivity contribution in [3.8, 4) is 0 Å². The summed E-state index contributed by atoms with van der Waals surface area (Å²) >= 11 is 0. The van der Waals surface area contributed by atoms with Crippen LogP contribution in [0.2, 0.25) is 0 Å². The largest absolute Gasteiger partial charge is 0.399 e. The monoisotopic (exact) mass is 275 g/mol. The maximum Gasteiger partial charge on any atom is 0.241 e. The third kappa shape index (κ3) is 3.73. The molecule has 0 radical (unpaired) electrons. The van der Waals surface area contributed by atoms with Crippen LogP contribution in [0.15, 0.2) is 24.3 Å². The van der Waals surface area contributed by atoms with Crippen molar-refractivity contribution >= 4 is 17.3 Å². The summed E-state index contributed by atoms with van der Waals surface area (Å²) in [6.45, 7) is 6.26. The zero-order chi connectivity index (χ0) is 14.5. The fourth-order valence-corrected chi connectivity index (χ4v) is 2.92. The molecule has 0 aliphatic carbocycles. The van der Waals surface area contributed by atoms with E-state index in [2.05, 4.69) is 24.1 Å². The summed E-state index contributed by atoms with van der Waals surface area (Å²) in [4.78, 5) is 14.9. The Kier molecular flexibility index (Phi) is 5.01. The Morgan fingerprint density at radius 3 is 2.55 bits per heavy atom. The van der Waals surface area contributed by atoms with Crippen LogP contribution in [0.5, 0.6) is 0 Å². The zero-order valence-electron chi connectivity index (χ0n) is 12.4. The molecule has 2 rings (SSSR count). The number of anilines is 2. The summed E-state index contributed by atoms with van der Waals surface area (Å²) in [5.74, 6) is 0.377. The van der Waals surface area contributed by atoms with Crippen molar-refractivity contribution in [2.45, 2.75) is 39.2 Å². The molecule has 0 aromatic heterocycles. The van der Waals surface area contributed by atoms with Crippen LogP contribution in [0.25, 0.3) is 0 Å². The van der Waals surface area contributed by atoms with E-state index in [4.69, 9.17) is 5.73 Å². The Bertz CT molecular complexity index is 453. The molecule has 20 heavy (non-hydrogen) atoms. The van der Waals surface area contributed by atoms with Gasteiger partial charge in [0.15, 0.2) is 0 Å². The first kappa shape index (κ1) is 14.9. The fourth-order valence-electron chi connectivity index (χ4n) is 2.92. The van der Waals surface area contributed by atoms with Crippen LogP contribution in [0.3, 0.4) is 0 Å². The van der Waals surface area contributed by atoms with E-state index >= 15 is 0 Å². The van der Waals surface area contributed by atoms with E-state index in [0.29, 0.717) is 11.6 Å². The lowest BCUT2D eigenvalue weighted by atomic mass is 9.98. The number of piperidine rings is 1. The van der Waals surface area contributed by atoms with Crippen molar-refractivity contribution in [1.82, 2.24) is 4.90 Å². The van der Waals surface area contributed by atoms with Crippen LogP contribution in [0, 0.1) is 5.92 Å². The minimum atomic E-state index is -0.0586. The number of carbonyl (C=O) groups is 1. The number of nitrogens with one attached hydrogen (secondary N) is 1. The second kappa shape index (κ2) is 6.75. The molecule has 1 atom stereocenters. The van der Waals surface area contributed by atoms with Crippen molar-refractivity contribution in [2.24, 2.45) is 5.92 Å². The van der Waals surface area contributed by atoms with Gasteiger partial charge in [0.05, 0.1) is 6.04 Å². The highest BCUT2D eigenvalue weighted by Gasteiger charge is 2.29. The number of carbonyl (C=O) groups excluding carboxylic acids is 1. The summed E-state index contributed by atoms with van der Waals surface area (Å²) in [5.41, 5.74) is 7.20. The van der Waals surface area contributed by atoms with E-state index in [1.54, 1.807) is 6.07 Å². The van der Waals surface area contributed by atoms with Crippen molar-refractivity contribution in [2.75, 3.05) is 24.1 Å². The third-order valence-electron chi connectivity index (χ3n) is 3.84. The van der Waals surface area contributed by atoms with E-state index < -0.39 is 0 Å². The predicted molar refractivity (Wildman–Crippen MR) is 83.5 cm³/mol. The van der Waals surface area contributed by atoms with Gasteiger partial charge in [-0.15, -0.1) is 0 Å². The Morgan fingerprint density at radius 1 is 1.25 bits per heavy atom. The first-order chi connectivity index (χ1) is 9.58. The van der Waals surface area contributed by atoms with Crippen LogP contribution < -0.4 is 11.1 Å². The number of amides is 1. The van der Waals surface area contributed by atoms with Crippen LogP contribution in [-0.4, -0.2) is 29.9 Å². The summed E-state index contributed by atoms with van der Waals surface area (Å²) in [5, 5.41) is 3.00. The molecule has 1 fully saturated rings. The maximum absolute atomic E-state index is 12.6. The smallest absolute Gasteiger partial charge is 0.241 e. The summed E-state index contributed by atoms with van der Waals surface area (Å²) < 4.78 is 0. The van der Waals surface area contributed by atoms with Crippen molar-refractivity contribution < 1.29 is 4.79 Å². The molecule has 0 bridgehead atoms. The minimum absolute atomic E-state index is 0.0586. The number of likely N-dealkylation sites (tertiary alicyclic amines) is 1. The molecular weight excluding hydrogens is 250 g/mol. The number of nitrogen functional groups attached to an aromatic ring is 1. The Balaban J connectivity index is 2.06. The molecule has 4 nitrogen and oxygen atoms in total. The van der Waals surface area contributed by atoms with Gasteiger partial charge in [0.25, 0.3) is 0 Å². The molecule has 1 aliphatic heterocycles. The van der Waals surface area contributed by atoms with Gasteiger partial charge in [0, 0.05) is 11.4 Å². The van der Waals surface area contributed by atoms with Crippen molar-refractivity contribution in [3.05, 3.63) is 24.3 Å². The number of benzene rings is 1. The van der Waals surface area contributed by atoms with E-state index in [1.165, 1.54) is 19.3 Å². The van der Waals surface area contributed by atoms with E-state index in [0.717, 1.165) is 18.8 Å². The number of rotatable bonds is 4. The van der Waals surface area contributed by atoms with Crippen LogP contribution in [-0.2, 0) is 4.79 Å². The zero-order valence-corrected chi connectivity index (χ0v) is 12.4. The van der Waals surface area contributed by atoms with Gasteiger partial charge in [-0.05, 0) is 50.0 Å². The molecular formula is C16H25N3O. The quantitative estimate of drug-likeness (QED) is 0.831. The number of hydrogen-bond acceptors (Lipinski definition) is 3. The SMILES string of the molecule is CC(C)C(C(=O)Nc1cccc(N)c1)N1CCCCC1. The van der Waals surface area contributed by atoms with Crippen molar-refractivity contribution in [1.29, 1.82) is 0 Å². The highest BCUT2D eigenvalue weighted by atomic mass is 16.2. The average molecular weight is 275 g/mol. The first-order valence-electron chi connectivity index (χ1n) is 7.48. The lowest BCUT2D eigenvalue weighted by Crippen LogP contribution is -2.49. The van der Waals surface area contributed by atoms with E-state index in [-0.39, 0.29) is 11.9 Å². The predicted octanol–water partition coefficient (Wildman–Crippen LogP) is 2.72. The standard InChI is InChI=1S/C16H25N3O/c1-12(2)15(19-9-4-3-5-10-19)16(20)18-14-8-6-7-13(17)11-14/h6-8,11-12,15H,3-5,9-10,17H2,1-2H3,(H,18,20). The molecule has 1 saturated heterocycles. The lowest BCUT2D eigenvalue weighted by Gasteiger charge is -2.35. The molecule has 3 N–H and O–H groups in total. The minimum Gasteiger partial charge on any atom is -0.399 e. The number of nitrogens with zero attached hydrogens (tertiary/aromatic N) is 1. The molecule has 1 aliphatic rings. The van der Waals surface area contributed by atoms with Crippen LogP contribution in [0.1, 0.15) is 33.1 Å². The van der Waals surface area contributed by atoms with Gasteiger partial charge in [0.1, 0.15) is 0 Å². The average Bonchev–Trinajstić information content (AvgIpc) is 2.39. The summed E-state index contributed by atoms with van der Waals surface area (Å²) in [6, 6.07) is 7.29. The maximum atomic E-state index is 12.6. The first-order valence-corrected chi connectivity index (χ1v) is 7.48. The summed E-state index contributed by atoms with van der Waals surface area (Å²) in [6.07, 6.45) is 3.65. The molecule has 110 valence electrons. The molecule has 0 saturated carbocycles. The third-order valence-corrected chi connectivity index (χ3v) is 3.84. The van der Waals surface area contributed by atoms with Gasteiger partial charge in [0.2, 0.25) is 5.91 Å². The van der Waals surface area contributed by atoms with E-state index in [1.807, 2.05) is 18.2 Å². The topological polar surface area (TPSA) is 58.4 Å². The fraction of sp³-hybridized carbons (Fsp3) is 0.562. The van der Waals surface area contributed by atoms with Crippen LogP contribution in [0.4, 0.5) is 11.4 Å². The van der Waals surface area contributed by atoms with Gasteiger partial charge in [-0.2, -0.15) is 0 Å². The molecule has 0 spiro atoms. The Hall–Kier alpha value is -1.55. The second-order valence-electron chi connectivity index (χ2n) is 5.90. The highest BCUT2D eigenvalue weighted by Crippen LogP contribution is 2.20. The second-order valence-corrected chi connectivity index (χ2v) is 5.90. The number of nitrogens with two attached hydrogens (primary N) is 1. The Morgan fingerprint density at radius 2 is 1.95 bits per heavy atom.